The van der Waals surface area contributed by atoms with Crippen LogP contribution in [-0.4, -0.2) is 31.0 Å². The van der Waals surface area contributed by atoms with E-state index in [1.54, 1.807) is 26.4 Å². The first-order valence-corrected chi connectivity index (χ1v) is 11.9. The number of ether oxygens (including phenoxy) is 2. The van der Waals surface area contributed by atoms with Gasteiger partial charge in [-0.3, -0.25) is 14.5 Å². The summed E-state index contributed by atoms with van der Waals surface area (Å²) in [6.07, 6.45) is 0. The number of benzene rings is 3. The number of carbonyl (C=O) groups excluding carboxylic acids is 2. The molecule has 0 spiro atoms. The molecular formula is C30H31NO5. The molecule has 1 aliphatic rings. The van der Waals surface area contributed by atoms with E-state index < -0.39 is 17.7 Å². The normalized spacial score (nSPS) is 17.1. The standard InChI is InChI=1S/C30H31NO5/c1-17(2)22-16-23(19(4)14-25(22)36-6)28(32)26-27(20-11-9-12-21(15-20)35-5)31(30(34)29(26)33)24-13-8-7-10-18(24)3/h7-17,27,32H,1-6H3/b28-26+. The molecule has 1 N–H and O–H groups in total. The first-order chi connectivity index (χ1) is 17.2. The summed E-state index contributed by atoms with van der Waals surface area (Å²) in [6, 6.07) is 17.5. The minimum atomic E-state index is -0.829. The van der Waals surface area contributed by atoms with Crippen LogP contribution in [0.1, 0.15) is 53.6 Å². The third-order valence-electron chi connectivity index (χ3n) is 6.68. The maximum absolute atomic E-state index is 13.5. The Balaban J connectivity index is 2.02. The van der Waals surface area contributed by atoms with Gasteiger partial charge < -0.3 is 14.6 Å². The number of hydrogen-bond donors (Lipinski definition) is 1. The Morgan fingerprint density at radius 2 is 1.64 bits per heavy atom. The summed E-state index contributed by atoms with van der Waals surface area (Å²) in [5.41, 5.74) is 4.29. The lowest BCUT2D eigenvalue weighted by atomic mass is 9.91. The summed E-state index contributed by atoms with van der Waals surface area (Å²) < 4.78 is 11.0. The molecule has 1 heterocycles. The molecule has 1 aliphatic heterocycles. The van der Waals surface area contributed by atoms with E-state index in [9.17, 15) is 14.7 Å². The summed E-state index contributed by atoms with van der Waals surface area (Å²) in [5, 5.41) is 11.7. The van der Waals surface area contributed by atoms with Crippen molar-refractivity contribution in [3.8, 4) is 11.5 Å². The Hall–Kier alpha value is -4.06. The first-order valence-electron chi connectivity index (χ1n) is 11.9. The molecule has 0 saturated carbocycles. The van der Waals surface area contributed by atoms with E-state index in [2.05, 4.69) is 0 Å². The molecule has 0 radical (unpaired) electrons. The molecule has 0 bridgehead atoms. The summed E-state index contributed by atoms with van der Waals surface area (Å²) in [7, 11) is 3.17. The van der Waals surface area contributed by atoms with E-state index >= 15 is 0 Å². The fourth-order valence-corrected chi connectivity index (χ4v) is 4.77. The number of aliphatic hydroxyl groups excluding tert-OH is 1. The van der Waals surface area contributed by atoms with Crippen LogP contribution in [0.3, 0.4) is 0 Å². The molecule has 4 rings (SSSR count). The Morgan fingerprint density at radius 3 is 2.28 bits per heavy atom. The minimum absolute atomic E-state index is 0.0412. The van der Waals surface area contributed by atoms with Crippen LogP contribution in [0, 0.1) is 13.8 Å². The quantitative estimate of drug-likeness (QED) is 0.261. The predicted octanol–water partition coefficient (Wildman–Crippen LogP) is 6.07. The molecule has 1 unspecified atom stereocenters. The molecule has 0 aromatic heterocycles. The van der Waals surface area contributed by atoms with E-state index in [0.29, 0.717) is 28.3 Å². The Labute approximate surface area is 211 Å². The number of ketones is 1. The molecule has 186 valence electrons. The van der Waals surface area contributed by atoms with Gasteiger partial charge in [-0.1, -0.05) is 44.2 Å². The highest BCUT2D eigenvalue weighted by atomic mass is 16.5. The van der Waals surface area contributed by atoms with Crippen molar-refractivity contribution in [3.63, 3.8) is 0 Å². The Morgan fingerprint density at radius 1 is 0.917 bits per heavy atom. The SMILES string of the molecule is COc1cccc(C2/C(=C(\O)c3cc(C(C)C)c(OC)cc3C)C(=O)C(=O)N2c2ccccc2C)c1. The van der Waals surface area contributed by atoms with Crippen molar-refractivity contribution in [1.29, 1.82) is 0 Å². The van der Waals surface area contributed by atoms with Crippen molar-refractivity contribution in [2.45, 2.75) is 39.7 Å². The molecule has 1 amide bonds. The average Bonchev–Trinajstić information content (AvgIpc) is 3.13. The zero-order chi connectivity index (χ0) is 26.1. The number of methoxy groups -OCH3 is 2. The van der Waals surface area contributed by atoms with E-state index in [4.69, 9.17) is 9.47 Å². The van der Waals surface area contributed by atoms with Gasteiger partial charge in [-0.25, -0.2) is 0 Å². The van der Waals surface area contributed by atoms with Crippen molar-refractivity contribution in [3.05, 3.63) is 94.1 Å². The molecule has 3 aromatic rings. The number of carbonyl (C=O) groups is 2. The van der Waals surface area contributed by atoms with Crippen LogP contribution in [0.2, 0.25) is 0 Å². The lowest BCUT2D eigenvalue weighted by Gasteiger charge is -2.27. The molecule has 1 atom stereocenters. The van der Waals surface area contributed by atoms with Gasteiger partial charge in [-0.2, -0.15) is 0 Å². The average molecular weight is 486 g/mol. The molecule has 36 heavy (non-hydrogen) atoms. The molecule has 6 heteroatoms. The topological polar surface area (TPSA) is 76.1 Å². The smallest absolute Gasteiger partial charge is 0.300 e. The summed E-state index contributed by atoms with van der Waals surface area (Å²) in [5.74, 6) is -0.205. The highest BCUT2D eigenvalue weighted by molar-refractivity contribution is 6.51. The summed E-state index contributed by atoms with van der Waals surface area (Å²) in [6.45, 7) is 7.80. The van der Waals surface area contributed by atoms with E-state index in [1.807, 2.05) is 76.2 Å². The van der Waals surface area contributed by atoms with Crippen molar-refractivity contribution < 1.29 is 24.2 Å². The van der Waals surface area contributed by atoms with Gasteiger partial charge in [0.15, 0.2) is 0 Å². The van der Waals surface area contributed by atoms with Gasteiger partial charge in [0.2, 0.25) is 0 Å². The lowest BCUT2D eigenvalue weighted by molar-refractivity contribution is -0.132. The van der Waals surface area contributed by atoms with Crippen LogP contribution < -0.4 is 14.4 Å². The number of nitrogens with zero attached hydrogens (tertiary/aromatic N) is 1. The second kappa shape index (κ2) is 9.90. The van der Waals surface area contributed by atoms with Gasteiger partial charge in [0, 0.05) is 11.3 Å². The number of aryl methyl sites for hydroxylation is 2. The first kappa shape index (κ1) is 25.0. The number of anilines is 1. The highest BCUT2D eigenvalue weighted by Crippen LogP contribution is 2.44. The fourth-order valence-electron chi connectivity index (χ4n) is 4.77. The van der Waals surface area contributed by atoms with Crippen LogP contribution in [0.25, 0.3) is 5.76 Å². The summed E-state index contributed by atoms with van der Waals surface area (Å²) in [4.78, 5) is 28.5. The Bertz CT molecular complexity index is 1370. The number of hydrogen-bond acceptors (Lipinski definition) is 5. The molecule has 1 saturated heterocycles. The van der Waals surface area contributed by atoms with Gasteiger partial charge in [0.05, 0.1) is 25.8 Å². The molecular weight excluding hydrogens is 454 g/mol. The van der Waals surface area contributed by atoms with Crippen LogP contribution in [0.15, 0.2) is 66.2 Å². The van der Waals surface area contributed by atoms with Gasteiger partial charge in [-0.15, -0.1) is 0 Å². The molecule has 6 nitrogen and oxygen atoms in total. The maximum atomic E-state index is 13.5. The fraction of sp³-hybridized carbons (Fsp3) is 0.267. The number of amides is 1. The van der Waals surface area contributed by atoms with Crippen LogP contribution in [0.5, 0.6) is 11.5 Å². The third-order valence-corrected chi connectivity index (χ3v) is 6.68. The minimum Gasteiger partial charge on any atom is -0.507 e. The maximum Gasteiger partial charge on any atom is 0.300 e. The van der Waals surface area contributed by atoms with Crippen molar-refractivity contribution in [2.75, 3.05) is 19.1 Å². The number of Topliss-reactive ketones (excluding diaryl/α,β-unsaturated/α-hetero) is 1. The number of aliphatic hydroxyl groups is 1. The predicted molar refractivity (Wildman–Crippen MR) is 141 cm³/mol. The zero-order valence-corrected chi connectivity index (χ0v) is 21.5. The molecule has 0 aliphatic carbocycles. The number of rotatable bonds is 6. The van der Waals surface area contributed by atoms with E-state index in [0.717, 1.165) is 16.7 Å². The van der Waals surface area contributed by atoms with Crippen molar-refractivity contribution in [1.82, 2.24) is 0 Å². The van der Waals surface area contributed by atoms with Crippen molar-refractivity contribution in [2.24, 2.45) is 0 Å². The van der Waals surface area contributed by atoms with Gasteiger partial charge in [0.1, 0.15) is 17.3 Å². The van der Waals surface area contributed by atoms with E-state index in [-0.39, 0.29) is 17.3 Å². The monoisotopic (exact) mass is 485 g/mol. The molecule has 3 aromatic carbocycles. The lowest BCUT2D eigenvalue weighted by Crippen LogP contribution is -2.30. The second-order valence-electron chi connectivity index (χ2n) is 9.30. The van der Waals surface area contributed by atoms with Crippen LogP contribution >= 0.6 is 0 Å². The van der Waals surface area contributed by atoms with Gasteiger partial charge >= 0.3 is 0 Å². The highest BCUT2D eigenvalue weighted by Gasteiger charge is 2.47. The Kier molecular flexibility index (Phi) is 6.88. The summed E-state index contributed by atoms with van der Waals surface area (Å²) >= 11 is 0. The number of para-hydroxylation sites is 1. The second-order valence-corrected chi connectivity index (χ2v) is 9.30. The van der Waals surface area contributed by atoms with Crippen LogP contribution in [-0.2, 0) is 9.59 Å². The molecule has 1 fully saturated rings. The van der Waals surface area contributed by atoms with E-state index in [1.165, 1.54) is 4.90 Å². The van der Waals surface area contributed by atoms with Gasteiger partial charge in [-0.05, 0) is 72.4 Å². The third kappa shape index (κ3) is 4.24. The van der Waals surface area contributed by atoms with Crippen molar-refractivity contribution >= 4 is 23.1 Å². The van der Waals surface area contributed by atoms with Crippen LogP contribution in [0.4, 0.5) is 5.69 Å². The zero-order valence-electron chi connectivity index (χ0n) is 21.5. The van der Waals surface area contributed by atoms with Gasteiger partial charge in [0.25, 0.3) is 11.7 Å². The largest absolute Gasteiger partial charge is 0.507 e.